The zero-order chi connectivity index (χ0) is 8.65. The minimum absolute atomic E-state index is 0.623. The normalized spacial score (nSPS) is 9.33. The molecule has 0 atom stereocenters. The Hall–Kier alpha value is -1.38. The number of pyridine rings is 1. The summed E-state index contributed by atoms with van der Waals surface area (Å²) in [6.07, 6.45) is 5.92. The summed E-state index contributed by atoms with van der Waals surface area (Å²) in [5, 5.41) is 3.18. The highest BCUT2D eigenvalue weighted by Crippen LogP contribution is 2.02. The maximum absolute atomic E-state index is 9.98. The zero-order valence-corrected chi connectivity index (χ0v) is 6.86. The topological polar surface area (TPSA) is 42.0 Å². The van der Waals surface area contributed by atoms with Gasteiger partial charge in [0.25, 0.3) is 0 Å². The average molecular weight is 164 g/mol. The molecule has 12 heavy (non-hydrogen) atoms. The van der Waals surface area contributed by atoms with Crippen molar-refractivity contribution < 1.29 is 4.79 Å². The number of nitrogens with one attached hydrogen (secondary N) is 1. The minimum Gasteiger partial charge on any atom is -0.385 e. The third-order valence-electron chi connectivity index (χ3n) is 1.51. The van der Waals surface area contributed by atoms with E-state index in [1.807, 2.05) is 12.1 Å². The van der Waals surface area contributed by atoms with E-state index in [0.717, 1.165) is 24.9 Å². The van der Waals surface area contributed by atoms with Crippen LogP contribution in [0.1, 0.15) is 12.8 Å². The Morgan fingerprint density at radius 2 is 2.17 bits per heavy atom. The lowest BCUT2D eigenvalue weighted by molar-refractivity contribution is -0.107. The van der Waals surface area contributed by atoms with Crippen molar-refractivity contribution in [2.75, 3.05) is 11.9 Å². The van der Waals surface area contributed by atoms with E-state index in [9.17, 15) is 4.79 Å². The van der Waals surface area contributed by atoms with Gasteiger partial charge in [0, 0.05) is 31.0 Å². The molecule has 0 aliphatic carbocycles. The van der Waals surface area contributed by atoms with Gasteiger partial charge in [0.1, 0.15) is 6.29 Å². The second-order valence-corrected chi connectivity index (χ2v) is 2.47. The van der Waals surface area contributed by atoms with Gasteiger partial charge in [0.05, 0.1) is 0 Å². The molecule has 3 nitrogen and oxygen atoms in total. The van der Waals surface area contributed by atoms with Gasteiger partial charge in [-0.1, -0.05) is 0 Å². The Labute approximate surface area is 71.8 Å². The Kier molecular flexibility index (Phi) is 3.84. The number of anilines is 1. The second-order valence-electron chi connectivity index (χ2n) is 2.47. The molecule has 0 aliphatic rings. The van der Waals surface area contributed by atoms with Crippen molar-refractivity contribution in [1.29, 1.82) is 0 Å². The molecule has 1 N–H and O–H groups in total. The molecular weight excluding hydrogens is 152 g/mol. The number of hydrogen-bond donors (Lipinski definition) is 1. The first-order valence-corrected chi connectivity index (χ1v) is 4.01. The lowest BCUT2D eigenvalue weighted by Gasteiger charge is -2.02. The SMILES string of the molecule is O=CCCCNc1ccncc1. The van der Waals surface area contributed by atoms with Crippen LogP contribution in [0.15, 0.2) is 24.5 Å². The van der Waals surface area contributed by atoms with Crippen LogP contribution in [0.2, 0.25) is 0 Å². The Balaban J connectivity index is 2.20. The summed E-state index contributed by atoms with van der Waals surface area (Å²) in [5.41, 5.74) is 1.05. The van der Waals surface area contributed by atoms with Gasteiger partial charge in [-0.05, 0) is 18.6 Å². The molecule has 1 aromatic heterocycles. The van der Waals surface area contributed by atoms with Crippen molar-refractivity contribution in [3.05, 3.63) is 24.5 Å². The molecule has 0 aromatic carbocycles. The van der Waals surface area contributed by atoms with E-state index in [4.69, 9.17) is 0 Å². The van der Waals surface area contributed by atoms with Crippen LogP contribution in [0.5, 0.6) is 0 Å². The highest BCUT2D eigenvalue weighted by Gasteiger charge is 1.88. The van der Waals surface area contributed by atoms with E-state index in [-0.39, 0.29) is 0 Å². The third kappa shape index (κ3) is 3.14. The van der Waals surface area contributed by atoms with Gasteiger partial charge in [0.2, 0.25) is 0 Å². The van der Waals surface area contributed by atoms with E-state index >= 15 is 0 Å². The van der Waals surface area contributed by atoms with Crippen molar-refractivity contribution in [3.8, 4) is 0 Å². The quantitative estimate of drug-likeness (QED) is 0.529. The van der Waals surface area contributed by atoms with Crippen LogP contribution >= 0.6 is 0 Å². The summed E-state index contributed by atoms with van der Waals surface area (Å²) >= 11 is 0. The number of hydrogen-bond acceptors (Lipinski definition) is 3. The first-order valence-electron chi connectivity index (χ1n) is 4.01. The molecular formula is C9H12N2O. The van der Waals surface area contributed by atoms with E-state index in [2.05, 4.69) is 10.3 Å². The van der Waals surface area contributed by atoms with Crippen LogP contribution in [-0.2, 0) is 4.79 Å². The standard InChI is InChI=1S/C9H12N2O/c12-8-2-1-5-11-9-3-6-10-7-4-9/h3-4,6-8H,1-2,5H2,(H,10,11). The van der Waals surface area contributed by atoms with Gasteiger partial charge in [-0.3, -0.25) is 4.98 Å². The molecule has 0 saturated heterocycles. The number of unbranched alkanes of at least 4 members (excludes halogenated alkanes) is 1. The fourth-order valence-corrected chi connectivity index (χ4v) is 0.888. The second kappa shape index (κ2) is 5.29. The van der Waals surface area contributed by atoms with Gasteiger partial charge in [-0.15, -0.1) is 0 Å². The van der Waals surface area contributed by atoms with Gasteiger partial charge in [-0.2, -0.15) is 0 Å². The first kappa shape index (κ1) is 8.71. The van der Waals surface area contributed by atoms with E-state index in [1.165, 1.54) is 0 Å². The fraction of sp³-hybridized carbons (Fsp3) is 0.333. The molecule has 0 unspecified atom stereocenters. The first-order chi connectivity index (χ1) is 5.93. The summed E-state index contributed by atoms with van der Waals surface area (Å²) in [6.45, 7) is 0.836. The molecule has 64 valence electrons. The molecule has 1 aromatic rings. The fourth-order valence-electron chi connectivity index (χ4n) is 0.888. The summed E-state index contributed by atoms with van der Waals surface area (Å²) in [7, 11) is 0. The lowest BCUT2D eigenvalue weighted by atomic mass is 10.3. The van der Waals surface area contributed by atoms with Crippen molar-refractivity contribution >= 4 is 12.0 Å². The molecule has 0 saturated carbocycles. The molecule has 0 fully saturated rings. The van der Waals surface area contributed by atoms with Gasteiger partial charge in [-0.25, -0.2) is 0 Å². The maximum atomic E-state index is 9.98. The van der Waals surface area contributed by atoms with Crippen LogP contribution in [0, 0.1) is 0 Å². The Bertz CT molecular complexity index is 223. The number of rotatable bonds is 5. The molecule has 0 radical (unpaired) electrons. The van der Waals surface area contributed by atoms with Crippen LogP contribution in [0.4, 0.5) is 5.69 Å². The highest BCUT2D eigenvalue weighted by molar-refractivity contribution is 5.49. The summed E-state index contributed by atoms with van der Waals surface area (Å²) in [6, 6.07) is 3.81. The van der Waals surface area contributed by atoms with Crippen molar-refractivity contribution in [3.63, 3.8) is 0 Å². The van der Waals surface area contributed by atoms with Crippen LogP contribution < -0.4 is 5.32 Å². The lowest BCUT2D eigenvalue weighted by Crippen LogP contribution is -2.01. The highest BCUT2D eigenvalue weighted by atomic mass is 16.1. The molecule has 0 spiro atoms. The molecule has 1 heterocycles. The Morgan fingerprint density at radius 3 is 2.83 bits per heavy atom. The largest absolute Gasteiger partial charge is 0.385 e. The number of aldehydes is 1. The van der Waals surface area contributed by atoms with E-state index < -0.39 is 0 Å². The number of carbonyl (C=O) groups is 1. The number of aromatic nitrogens is 1. The monoisotopic (exact) mass is 164 g/mol. The van der Waals surface area contributed by atoms with Crippen molar-refractivity contribution in [1.82, 2.24) is 4.98 Å². The predicted molar refractivity (Wildman–Crippen MR) is 48.0 cm³/mol. The predicted octanol–water partition coefficient (Wildman–Crippen LogP) is 1.47. The van der Waals surface area contributed by atoms with Gasteiger partial charge < -0.3 is 10.1 Å². The Morgan fingerprint density at radius 1 is 1.42 bits per heavy atom. The van der Waals surface area contributed by atoms with Crippen LogP contribution in [0.25, 0.3) is 0 Å². The minimum atomic E-state index is 0.623. The van der Waals surface area contributed by atoms with Crippen LogP contribution in [0.3, 0.4) is 0 Å². The third-order valence-corrected chi connectivity index (χ3v) is 1.51. The van der Waals surface area contributed by atoms with Gasteiger partial charge >= 0.3 is 0 Å². The van der Waals surface area contributed by atoms with Crippen molar-refractivity contribution in [2.45, 2.75) is 12.8 Å². The molecule has 0 bridgehead atoms. The van der Waals surface area contributed by atoms with Crippen LogP contribution in [-0.4, -0.2) is 17.8 Å². The van der Waals surface area contributed by atoms with Gasteiger partial charge in [0.15, 0.2) is 0 Å². The molecule has 3 heteroatoms. The van der Waals surface area contributed by atoms with E-state index in [1.54, 1.807) is 12.4 Å². The smallest absolute Gasteiger partial charge is 0.120 e. The number of nitrogens with zero attached hydrogens (tertiary/aromatic N) is 1. The molecule has 1 rings (SSSR count). The summed E-state index contributed by atoms with van der Waals surface area (Å²) < 4.78 is 0. The molecule has 0 aliphatic heterocycles. The summed E-state index contributed by atoms with van der Waals surface area (Å²) in [5.74, 6) is 0. The zero-order valence-electron chi connectivity index (χ0n) is 6.86. The average Bonchev–Trinajstić information content (AvgIpc) is 2.14. The van der Waals surface area contributed by atoms with Crippen molar-refractivity contribution in [2.24, 2.45) is 0 Å². The molecule has 0 amide bonds. The number of carbonyl (C=O) groups excluding carboxylic acids is 1. The maximum Gasteiger partial charge on any atom is 0.120 e. The van der Waals surface area contributed by atoms with E-state index in [0.29, 0.717) is 6.42 Å². The summed E-state index contributed by atoms with van der Waals surface area (Å²) in [4.78, 5) is 13.9.